The Morgan fingerprint density at radius 3 is 2.53 bits per heavy atom. The Morgan fingerprint density at radius 1 is 1.13 bits per heavy atom. The first kappa shape index (κ1) is 20.0. The number of nitrogens with zero attached hydrogens (tertiary/aromatic N) is 3. The summed E-state index contributed by atoms with van der Waals surface area (Å²) in [4.78, 5) is 13.0. The van der Waals surface area contributed by atoms with E-state index < -0.39 is 5.97 Å². The van der Waals surface area contributed by atoms with Gasteiger partial charge in [-0.05, 0) is 35.3 Å². The van der Waals surface area contributed by atoms with Gasteiger partial charge in [0.1, 0.15) is 0 Å². The van der Waals surface area contributed by atoms with Crippen molar-refractivity contribution < 1.29 is 14.3 Å². The van der Waals surface area contributed by atoms with Gasteiger partial charge in [-0.1, -0.05) is 55.8 Å². The van der Waals surface area contributed by atoms with Gasteiger partial charge in [-0.3, -0.25) is 9.69 Å². The van der Waals surface area contributed by atoms with Crippen molar-refractivity contribution in [2.24, 2.45) is 5.92 Å². The third-order valence-electron chi connectivity index (χ3n) is 5.32. The van der Waals surface area contributed by atoms with E-state index in [0.717, 1.165) is 30.5 Å². The number of carboxylic acid groups (broad SMARTS) is 1. The number of hydrogen-bond acceptors (Lipinski definition) is 5. The number of carbonyl (C=O) groups is 1. The predicted octanol–water partition coefficient (Wildman–Crippen LogP) is 4.59. The van der Waals surface area contributed by atoms with Crippen molar-refractivity contribution >= 4 is 17.6 Å². The molecule has 0 unspecified atom stereocenters. The van der Waals surface area contributed by atoms with Crippen LogP contribution in [0.2, 0.25) is 0 Å². The first-order chi connectivity index (χ1) is 14.6. The monoisotopic (exact) mass is 403 g/mol. The van der Waals surface area contributed by atoms with Crippen LogP contribution in [0.15, 0.2) is 59.0 Å². The first-order valence-electron chi connectivity index (χ1n) is 10.3. The van der Waals surface area contributed by atoms with Crippen molar-refractivity contribution in [1.82, 2.24) is 15.1 Å². The molecule has 1 aliphatic heterocycles. The molecule has 1 saturated heterocycles. The molecule has 154 valence electrons. The molecule has 6 nitrogen and oxygen atoms in total. The van der Waals surface area contributed by atoms with Gasteiger partial charge < -0.3 is 9.52 Å². The Morgan fingerprint density at radius 2 is 1.87 bits per heavy atom. The highest BCUT2D eigenvalue weighted by atomic mass is 16.4. The van der Waals surface area contributed by atoms with Crippen molar-refractivity contribution in [2.45, 2.75) is 26.3 Å². The number of benzene rings is 2. The Bertz CT molecular complexity index is 1020. The van der Waals surface area contributed by atoms with Crippen LogP contribution < -0.4 is 0 Å². The standard InChI is InChI=1S/C24H25N3O3/c1-2-6-20(18-7-4-3-5-8-18)13-22-25-26-23(30-22)19-11-9-17(10-12-19)14-27-15-21(16-27)24(28)29/h3-5,7-13,21H,2,6,14-16H2,1H3,(H,28,29)/b20-13+. The molecule has 0 radical (unpaired) electrons. The third kappa shape index (κ3) is 4.66. The van der Waals surface area contributed by atoms with Gasteiger partial charge in [0, 0.05) is 31.3 Å². The maximum Gasteiger partial charge on any atom is 0.309 e. The molecule has 0 aliphatic carbocycles. The Kier molecular flexibility index (Phi) is 6.05. The van der Waals surface area contributed by atoms with E-state index in [1.54, 1.807) is 0 Å². The molecule has 4 rings (SSSR count). The number of rotatable bonds is 8. The third-order valence-corrected chi connectivity index (χ3v) is 5.32. The largest absolute Gasteiger partial charge is 0.481 e. The molecule has 3 aromatic rings. The highest BCUT2D eigenvalue weighted by Gasteiger charge is 2.32. The molecule has 0 amide bonds. The van der Waals surface area contributed by atoms with Crippen molar-refractivity contribution in [3.8, 4) is 11.5 Å². The van der Waals surface area contributed by atoms with Crippen molar-refractivity contribution in [2.75, 3.05) is 13.1 Å². The molecular formula is C24H25N3O3. The fourth-order valence-corrected chi connectivity index (χ4v) is 3.65. The maximum absolute atomic E-state index is 10.9. The lowest BCUT2D eigenvalue weighted by atomic mass is 9.99. The molecule has 1 aromatic heterocycles. The van der Waals surface area contributed by atoms with E-state index in [4.69, 9.17) is 9.52 Å². The molecular weight excluding hydrogens is 378 g/mol. The summed E-state index contributed by atoms with van der Waals surface area (Å²) in [6.45, 7) is 4.12. The normalized spacial score (nSPS) is 15.2. The summed E-state index contributed by atoms with van der Waals surface area (Å²) in [6, 6.07) is 18.2. The summed E-state index contributed by atoms with van der Waals surface area (Å²) >= 11 is 0. The molecule has 6 heteroatoms. The molecule has 2 aromatic carbocycles. The van der Waals surface area contributed by atoms with Crippen LogP contribution >= 0.6 is 0 Å². The van der Waals surface area contributed by atoms with E-state index in [1.165, 1.54) is 11.1 Å². The van der Waals surface area contributed by atoms with E-state index in [1.807, 2.05) is 48.5 Å². The van der Waals surface area contributed by atoms with Crippen LogP contribution in [0.5, 0.6) is 0 Å². The topological polar surface area (TPSA) is 79.5 Å². The lowest BCUT2D eigenvalue weighted by Crippen LogP contribution is -2.49. The lowest BCUT2D eigenvalue weighted by molar-refractivity contribution is -0.147. The maximum atomic E-state index is 10.9. The number of allylic oxidation sites excluding steroid dienone is 1. The molecule has 1 fully saturated rings. The van der Waals surface area contributed by atoms with Crippen LogP contribution in [0.1, 0.15) is 36.8 Å². The fourth-order valence-electron chi connectivity index (χ4n) is 3.65. The minimum absolute atomic E-state index is 0.234. The summed E-state index contributed by atoms with van der Waals surface area (Å²) in [7, 11) is 0. The molecule has 0 saturated carbocycles. The second-order valence-electron chi connectivity index (χ2n) is 7.66. The summed E-state index contributed by atoms with van der Waals surface area (Å²) < 4.78 is 5.89. The van der Waals surface area contributed by atoms with Gasteiger partial charge in [-0.15, -0.1) is 10.2 Å². The molecule has 1 aliphatic rings. The Hall–Kier alpha value is -3.25. The van der Waals surface area contributed by atoms with Crippen molar-refractivity contribution in [1.29, 1.82) is 0 Å². The second kappa shape index (κ2) is 9.05. The smallest absolute Gasteiger partial charge is 0.309 e. The number of aliphatic carboxylic acids is 1. The van der Waals surface area contributed by atoms with E-state index >= 15 is 0 Å². The zero-order chi connectivity index (χ0) is 20.9. The minimum Gasteiger partial charge on any atom is -0.481 e. The van der Waals surface area contributed by atoms with Gasteiger partial charge >= 0.3 is 5.97 Å². The number of carboxylic acids is 1. The molecule has 0 atom stereocenters. The van der Waals surface area contributed by atoms with E-state index in [-0.39, 0.29) is 5.92 Å². The van der Waals surface area contributed by atoms with Gasteiger partial charge in [0.2, 0.25) is 11.8 Å². The van der Waals surface area contributed by atoms with Gasteiger partial charge in [0.05, 0.1) is 5.92 Å². The summed E-state index contributed by atoms with van der Waals surface area (Å²) in [5, 5.41) is 17.4. The van der Waals surface area contributed by atoms with Crippen LogP contribution in [0.25, 0.3) is 23.1 Å². The van der Waals surface area contributed by atoms with Gasteiger partial charge in [-0.2, -0.15) is 0 Å². The van der Waals surface area contributed by atoms with E-state index in [0.29, 0.717) is 24.9 Å². The molecule has 1 N–H and O–H groups in total. The average molecular weight is 403 g/mol. The van der Waals surface area contributed by atoms with Crippen LogP contribution in [0.4, 0.5) is 0 Å². The highest BCUT2D eigenvalue weighted by Crippen LogP contribution is 2.25. The van der Waals surface area contributed by atoms with Crippen molar-refractivity contribution in [3.05, 3.63) is 71.6 Å². The number of aromatic nitrogens is 2. The van der Waals surface area contributed by atoms with Gasteiger partial charge in [0.15, 0.2) is 0 Å². The number of hydrogen-bond donors (Lipinski definition) is 1. The second-order valence-corrected chi connectivity index (χ2v) is 7.66. The first-order valence-corrected chi connectivity index (χ1v) is 10.3. The summed E-state index contributed by atoms with van der Waals surface area (Å²) in [5.41, 5.74) is 4.35. The lowest BCUT2D eigenvalue weighted by Gasteiger charge is -2.36. The van der Waals surface area contributed by atoms with Gasteiger partial charge in [-0.25, -0.2) is 0 Å². The quantitative estimate of drug-likeness (QED) is 0.592. The molecule has 2 heterocycles. The molecule has 0 bridgehead atoms. The van der Waals surface area contributed by atoms with Crippen LogP contribution in [-0.4, -0.2) is 39.3 Å². The zero-order valence-corrected chi connectivity index (χ0v) is 17.0. The van der Waals surface area contributed by atoms with Gasteiger partial charge in [0.25, 0.3) is 0 Å². The van der Waals surface area contributed by atoms with E-state index in [9.17, 15) is 4.79 Å². The van der Waals surface area contributed by atoms with Crippen molar-refractivity contribution in [3.63, 3.8) is 0 Å². The predicted molar refractivity (Wildman–Crippen MR) is 115 cm³/mol. The minimum atomic E-state index is -0.711. The Labute approximate surface area is 175 Å². The zero-order valence-electron chi connectivity index (χ0n) is 17.0. The van der Waals surface area contributed by atoms with E-state index in [2.05, 4.69) is 34.2 Å². The molecule has 0 spiro atoms. The summed E-state index contributed by atoms with van der Waals surface area (Å²) in [5.74, 6) is 0.0492. The highest BCUT2D eigenvalue weighted by molar-refractivity contribution is 5.79. The SMILES string of the molecule is CCC/C(=C\c1nnc(-c2ccc(CN3CC(C(=O)O)C3)cc2)o1)c1ccccc1. The van der Waals surface area contributed by atoms with Crippen LogP contribution in [-0.2, 0) is 11.3 Å². The Balaban J connectivity index is 1.44. The summed E-state index contributed by atoms with van der Waals surface area (Å²) in [6.07, 6.45) is 3.94. The van der Waals surface area contributed by atoms with Crippen LogP contribution in [0, 0.1) is 5.92 Å². The average Bonchev–Trinajstić information content (AvgIpc) is 3.19. The fraction of sp³-hybridized carbons (Fsp3) is 0.292. The van der Waals surface area contributed by atoms with Crippen LogP contribution in [0.3, 0.4) is 0 Å². The molecule has 30 heavy (non-hydrogen) atoms. The number of likely N-dealkylation sites (tertiary alicyclic amines) is 1.